The van der Waals surface area contributed by atoms with Crippen molar-refractivity contribution in [3.05, 3.63) is 66.0 Å². The Hall–Kier alpha value is -3.49. The predicted molar refractivity (Wildman–Crippen MR) is 91.6 cm³/mol. The molecule has 0 amide bonds. The van der Waals surface area contributed by atoms with E-state index in [2.05, 4.69) is 15.0 Å². The second-order valence-corrected chi connectivity index (χ2v) is 5.53. The third-order valence-corrected chi connectivity index (χ3v) is 3.57. The van der Waals surface area contributed by atoms with E-state index < -0.39 is 18.7 Å². The Morgan fingerprint density at radius 2 is 1.89 bits per heavy atom. The summed E-state index contributed by atoms with van der Waals surface area (Å²) < 4.78 is 38.7. The Bertz CT molecular complexity index is 982. The fourth-order valence-electron chi connectivity index (χ4n) is 2.37. The van der Waals surface area contributed by atoms with Crippen LogP contribution in [-0.2, 0) is 6.54 Å². The molecule has 2 aromatic heterocycles. The molecule has 1 N–H and O–H groups in total. The van der Waals surface area contributed by atoms with Gasteiger partial charge in [0.25, 0.3) is 0 Å². The second kappa shape index (κ2) is 7.40. The van der Waals surface area contributed by atoms with E-state index in [1.165, 1.54) is 30.7 Å². The largest absolute Gasteiger partial charge is 0.478 e. The number of hydrogen-bond acceptors (Lipinski definition) is 4. The number of alkyl halides is 3. The quantitative estimate of drug-likeness (QED) is 0.735. The molecule has 0 aliphatic rings. The lowest BCUT2D eigenvalue weighted by molar-refractivity contribution is -0.140. The molecular formula is C18H13F3N4O2. The summed E-state index contributed by atoms with van der Waals surface area (Å²) in [5.74, 6) is -0.907. The van der Waals surface area contributed by atoms with Crippen LogP contribution in [0.3, 0.4) is 0 Å². The number of carboxylic acid groups (broad SMARTS) is 1. The fourth-order valence-corrected chi connectivity index (χ4v) is 2.37. The van der Waals surface area contributed by atoms with Gasteiger partial charge in [0.1, 0.15) is 17.9 Å². The molecule has 0 radical (unpaired) electrons. The maximum Gasteiger partial charge on any atom is 0.406 e. The molecule has 0 saturated carbocycles. The number of carboxylic acids is 1. The van der Waals surface area contributed by atoms with Gasteiger partial charge in [-0.1, -0.05) is 30.3 Å². The van der Waals surface area contributed by atoms with Crippen molar-refractivity contribution in [2.24, 2.45) is 0 Å². The third-order valence-electron chi connectivity index (χ3n) is 3.57. The summed E-state index contributed by atoms with van der Waals surface area (Å²) in [4.78, 5) is 23.5. The van der Waals surface area contributed by atoms with Crippen molar-refractivity contribution in [1.82, 2.24) is 19.5 Å². The highest BCUT2D eigenvalue weighted by molar-refractivity contribution is 5.92. The average Bonchev–Trinajstić information content (AvgIpc) is 3.05. The van der Waals surface area contributed by atoms with Crippen molar-refractivity contribution in [3.63, 3.8) is 0 Å². The van der Waals surface area contributed by atoms with Gasteiger partial charge in [-0.3, -0.25) is 0 Å². The molecule has 3 aromatic rings. The standard InChI is InChI=1S/C18H13F3N4O2/c19-18(20,21)11-25-9-8-22-15(25)7-6-14-13(17(26)27)10-23-16(24-14)12-4-2-1-3-5-12/h1-10H,11H2,(H,26,27)/b7-6+. The van der Waals surface area contributed by atoms with Gasteiger partial charge < -0.3 is 9.67 Å². The van der Waals surface area contributed by atoms with Crippen LogP contribution in [0.1, 0.15) is 21.9 Å². The van der Waals surface area contributed by atoms with Crippen molar-refractivity contribution < 1.29 is 23.1 Å². The average molecular weight is 374 g/mol. The Balaban J connectivity index is 1.97. The van der Waals surface area contributed by atoms with Gasteiger partial charge in [-0.25, -0.2) is 19.7 Å². The molecule has 0 bridgehead atoms. The number of carbonyl (C=O) groups is 1. The lowest BCUT2D eigenvalue weighted by Crippen LogP contribution is -2.18. The monoisotopic (exact) mass is 374 g/mol. The van der Waals surface area contributed by atoms with Crippen LogP contribution in [0.5, 0.6) is 0 Å². The molecule has 0 saturated heterocycles. The van der Waals surface area contributed by atoms with E-state index in [4.69, 9.17) is 0 Å². The number of rotatable bonds is 5. The first-order valence-corrected chi connectivity index (χ1v) is 7.75. The van der Waals surface area contributed by atoms with Crippen LogP contribution < -0.4 is 0 Å². The first kappa shape index (κ1) is 18.3. The van der Waals surface area contributed by atoms with Crippen LogP contribution >= 0.6 is 0 Å². The summed E-state index contributed by atoms with van der Waals surface area (Å²) in [6.07, 6.45) is 1.80. The third kappa shape index (κ3) is 4.57. The highest BCUT2D eigenvalue weighted by atomic mass is 19.4. The molecule has 27 heavy (non-hydrogen) atoms. The maximum absolute atomic E-state index is 12.6. The lowest BCUT2D eigenvalue weighted by Gasteiger charge is -2.08. The summed E-state index contributed by atoms with van der Waals surface area (Å²) in [5.41, 5.74) is 0.584. The van der Waals surface area contributed by atoms with Crippen LogP contribution in [0.15, 0.2) is 48.9 Å². The zero-order valence-electron chi connectivity index (χ0n) is 13.8. The van der Waals surface area contributed by atoms with Gasteiger partial charge in [0.15, 0.2) is 5.82 Å². The second-order valence-electron chi connectivity index (χ2n) is 5.53. The molecule has 9 heteroatoms. The number of aromatic carboxylic acids is 1. The van der Waals surface area contributed by atoms with Crippen LogP contribution in [-0.4, -0.2) is 36.8 Å². The normalized spacial score (nSPS) is 11.8. The lowest BCUT2D eigenvalue weighted by atomic mass is 10.1. The Kier molecular flexibility index (Phi) is 5.02. The van der Waals surface area contributed by atoms with E-state index in [-0.39, 0.29) is 17.1 Å². The molecular weight excluding hydrogens is 361 g/mol. The number of nitrogens with zero attached hydrogens (tertiary/aromatic N) is 4. The van der Waals surface area contributed by atoms with Crippen LogP contribution in [0.4, 0.5) is 13.2 Å². The molecule has 3 rings (SSSR count). The topological polar surface area (TPSA) is 80.9 Å². The van der Waals surface area contributed by atoms with Gasteiger partial charge in [0, 0.05) is 24.2 Å². The van der Waals surface area contributed by atoms with Crippen LogP contribution in [0.2, 0.25) is 0 Å². The molecule has 2 heterocycles. The van der Waals surface area contributed by atoms with E-state index in [1.54, 1.807) is 24.3 Å². The number of hydrogen-bond donors (Lipinski definition) is 1. The zero-order chi connectivity index (χ0) is 19.4. The van der Waals surface area contributed by atoms with E-state index in [9.17, 15) is 23.1 Å². The van der Waals surface area contributed by atoms with E-state index >= 15 is 0 Å². The number of benzene rings is 1. The van der Waals surface area contributed by atoms with E-state index in [1.807, 2.05) is 6.07 Å². The SMILES string of the molecule is O=C(O)c1cnc(-c2ccccc2)nc1/C=C/c1nccn1CC(F)(F)F. The minimum absolute atomic E-state index is 0.0311. The Morgan fingerprint density at radius 1 is 1.15 bits per heavy atom. The van der Waals surface area contributed by atoms with Crippen LogP contribution in [0.25, 0.3) is 23.5 Å². The van der Waals surface area contributed by atoms with Crippen molar-refractivity contribution >= 4 is 18.1 Å². The van der Waals surface area contributed by atoms with Gasteiger partial charge in [-0.05, 0) is 12.2 Å². The molecule has 1 aromatic carbocycles. The van der Waals surface area contributed by atoms with Crippen molar-refractivity contribution in [1.29, 1.82) is 0 Å². The Labute approximate surface area is 151 Å². The highest BCUT2D eigenvalue weighted by Gasteiger charge is 2.28. The highest BCUT2D eigenvalue weighted by Crippen LogP contribution is 2.20. The molecule has 138 valence electrons. The van der Waals surface area contributed by atoms with Gasteiger partial charge >= 0.3 is 12.1 Å². The van der Waals surface area contributed by atoms with E-state index in [0.29, 0.717) is 11.4 Å². The summed E-state index contributed by atoms with van der Waals surface area (Å²) in [7, 11) is 0. The molecule has 0 aliphatic heterocycles. The number of halogens is 3. The Morgan fingerprint density at radius 3 is 2.56 bits per heavy atom. The summed E-state index contributed by atoms with van der Waals surface area (Å²) in [5, 5.41) is 9.31. The minimum atomic E-state index is -4.40. The summed E-state index contributed by atoms with van der Waals surface area (Å²) in [6, 6.07) is 8.91. The van der Waals surface area contributed by atoms with Gasteiger partial charge in [-0.15, -0.1) is 0 Å². The van der Waals surface area contributed by atoms with Gasteiger partial charge in [0.05, 0.1) is 5.69 Å². The predicted octanol–water partition coefficient (Wildman–Crippen LogP) is 3.77. The van der Waals surface area contributed by atoms with Crippen molar-refractivity contribution in [2.45, 2.75) is 12.7 Å². The first-order valence-electron chi connectivity index (χ1n) is 7.75. The molecule has 0 spiro atoms. The number of aromatic nitrogens is 4. The van der Waals surface area contributed by atoms with Gasteiger partial charge in [0.2, 0.25) is 0 Å². The summed E-state index contributed by atoms with van der Waals surface area (Å²) in [6.45, 7) is -1.20. The van der Waals surface area contributed by atoms with Crippen LogP contribution in [0, 0.1) is 0 Å². The van der Waals surface area contributed by atoms with Crippen molar-refractivity contribution in [3.8, 4) is 11.4 Å². The van der Waals surface area contributed by atoms with Gasteiger partial charge in [-0.2, -0.15) is 13.2 Å². The van der Waals surface area contributed by atoms with Crippen molar-refractivity contribution in [2.75, 3.05) is 0 Å². The first-order chi connectivity index (χ1) is 12.8. The maximum atomic E-state index is 12.6. The molecule has 6 nitrogen and oxygen atoms in total. The number of imidazole rings is 1. The summed E-state index contributed by atoms with van der Waals surface area (Å²) >= 11 is 0. The zero-order valence-corrected chi connectivity index (χ0v) is 13.8. The molecule has 0 fully saturated rings. The fraction of sp³-hybridized carbons (Fsp3) is 0.111. The molecule has 0 unspecified atom stereocenters. The van der Waals surface area contributed by atoms with E-state index in [0.717, 1.165) is 4.57 Å². The minimum Gasteiger partial charge on any atom is -0.478 e. The molecule has 0 aliphatic carbocycles. The molecule has 0 atom stereocenters. The smallest absolute Gasteiger partial charge is 0.406 e.